The molecule has 29 heavy (non-hydrogen) atoms. The third-order valence-corrected chi connectivity index (χ3v) is 4.93. The Labute approximate surface area is 182 Å². The molecule has 150 valence electrons. The second-order valence-electron chi connectivity index (χ2n) is 6.09. The predicted octanol–water partition coefficient (Wildman–Crippen LogP) is 6.42. The average Bonchev–Trinajstić information content (AvgIpc) is 2.70. The largest absolute Gasteiger partial charge is 0.482 e. The van der Waals surface area contributed by atoms with E-state index in [0.717, 1.165) is 11.3 Å². The first-order valence-corrected chi connectivity index (χ1v) is 9.69. The predicted molar refractivity (Wildman–Crippen MR) is 116 cm³/mol. The summed E-state index contributed by atoms with van der Waals surface area (Å²) in [7, 11) is 0. The Morgan fingerprint density at radius 2 is 1.59 bits per heavy atom. The molecular weight excluding hydrogens is 438 g/mol. The van der Waals surface area contributed by atoms with E-state index >= 15 is 0 Å². The minimum Gasteiger partial charge on any atom is -0.482 e. The van der Waals surface area contributed by atoms with Crippen LogP contribution in [0.25, 0.3) is 0 Å². The molecular formula is C21H16Cl3FN2O2. The fourth-order valence-electron chi connectivity index (χ4n) is 2.46. The van der Waals surface area contributed by atoms with Gasteiger partial charge in [-0.15, -0.1) is 0 Å². The van der Waals surface area contributed by atoms with Crippen molar-refractivity contribution in [1.82, 2.24) is 0 Å². The summed E-state index contributed by atoms with van der Waals surface area (Å²) >= 11 is 18.2. The smallest absolute Gasteiger partial charge is 0.262 e. The number of nitrogens with one attached hydrogen (secondary N) is 2. The van der Waals surface area contributed by atoms with Crippen molar-refractivity contribution >= 4 is 52.1 Å². The van der Waals surface area contributed by atoms with Gasteiger partial charge in [-0.1, -0.05) is 40.9 Å². The second-order valence-corrected chi connectivity index (χ2v) is 7.31. The van der Waals surface area contributed by atoms with Crippen LogP contribution in [-0.2, 0) is 11.3 Å². The van der Waals surface area contributed by atoms with Gasteiger partial charge in [0.25, 0.3) is 5.91 Å². The van der Waals surface area contributed by atoms with Gasteiger partial charge in [0.1, 0.15) is 11.6 Å². The van der Waals surface area contributed by atoms with Crippen LogP contribution in [0.15, 0.2) is 60.7 Å². The van der Waals surface area contributed by atoms with Crippen LogP contribution >= 0.6 is 34.8 Å². The lowest BCUT2D eigenvalue weighted by Crippen LogP contribution is -2.20. The van der Waals surface area contributed by atoms with Crippen LogP contribution in [0.2, 0.25) is 15.1 Å². The molecule has 0 saturated carbocycles. The van der Waals surface area contributed by atoms with Crippen LogP contribution in [-0.4, -0.2) is 12.5 Å². The molecule has 0 bridgehead atoms. The molecule has 2 N–H and O–H groups in total. The number of amides is 1. The van der Waals surface area contributed by atoms with E-state index in [1.165, 1.54) is 24.3 Å². The number of hydrogen-bond donors (Lipinski definition) is 2. The zero-order valence-electron chi connectivity index (χ0n) is 15.0. The van der Waals surface area contributed by atoms with E-state index in [1.807, 2.05) is 12.1 Å². The Hall–Kier alpha value is -2.47. The normalized spacial score (nSPS) is 10.5. The fraction of sp³-hybridized carbons (Fsp3) is 0.0952. The number of hydrogen-bond acceptors (Lipinski definition) is 3. The van der Waals surface area contributed by atoms with Crippen LogP contribution in [0, 0.1) is 5.82 Å². The van der Waals surface area contributed by atoms with Gasteiger partial charge in [-0.25, -0.2) is 4.39 Å². The van der Waals surface area contributed by atoms with Gasteiger partial charge in [0.2, 0.25) is 0 Å². The van der Waals surface area contributed by atoms with Gasteiger partial charge in [0.05, 0.1) is 15.1 Å². The monoisotopic (exact) mass is 452 g/mol. The molecule has 0 heterocycles. The molecule has 0 saturated heterocycles. The minimum atomic E-state index is -0.377. The molecule has 0 aliphatic rings. The van der Waals surface area contributed by atoms with E-state index in [1.54, 1.807) is 24.3 Å². The first-order chi connectivity index (χ1) is 13.9. The molecule has 0 radical (unpaired) electrons. The number of ether oxygens (including phenoxy) is 1. The first kappa shape index (κ1) is 21.2. The Bertz CT molecular complexity index is 1010. The maximum absolute atomic E-state index is 12.9. The third-order valence-electron chi connectivity index (χ3n) is 3.90. The van der Waals surface area contributed by atoms with Crippen molar-refractivity contribution in [3.63, 3.8) is 0 Å². The highest BCUT2D eigenvalue weighted by molar-refractivity contribution is 6.42. The molecule has 8 heteroatoms. The van der Waals surface area contributed by atoms with Crippen LogP contribution in [0.5, 0.6) is 5.75 Å². The van der Waals surface area contributed by atoms with Crippen molar-refractivity contribution in [3.8, 4) is 5.75 Å². The average molecular weight is 454 g/mol. The summed E-state index contributed by atoms with van der Waals surface area (Å²) in [6.45, 7) is 0.293. The van der Waals surface area contributed by atoms with Gasteiger partial charge >= 0.3 is 0 Å². The lowest BCUT2D eigenvalue weighted by Gasteiger charge is -2.11. The molecule has 0 fully saturated rings. The van der Waals surface area contributed by atoms with Gasteiger partial charge in [-0.3, -0.25) is 4.79 Å². The zero-order valence-corrected chi connectivity index (χ0v) is 17.3. The van der Waals surface area contributed by atoms with Gasteiger partial charge in [0, 0.05) is 17.9 Å². The highest BCUT2D eigenvalue weighted by Gasteiger charge is 2.08. The second kappa shape index (κ2) is 9.83. The van der Waals surface area contributed by atoms with Crippen LogP contribution in [0.1, 0.15) is 5.56 Å². The number of rotatable bonds is 7. The molecule has 3 aromatic carbocycles. The van der Waals surface area contributed by atoms with Gasteiger partial charge in [-0.05, 0) is 60.2 Å². The summed E-state index contributed by atoms with van der Waals surface area (Å²) in [5, 5.41) is 7.18. The highest BCUT2D eigenvalue weighted by atomic mass is 35.5. The molecule has 0 aromatic heterocycles. The van der Waals surface area contributed by atoms with Crippen LogP contribution < -0.4 is 15.4 Å². The Morgan fingerprint density at radius 1 is 0.862 bits per heavy atom. The Kier molecular flexibility index (Phi) is 7.20. The molecule has 0 spiro atoms. The van der Waals surface area contributed by atoms with Gasteiger partial charge in [0.15, 0.2) is 6.61 Å². The number of anilines is 2. The molecule has 0 aliphatic heterocycles. The summed E-state index contributed by atoms with van der Waals surface area (Å²) in [6.07, 6.45) is 0. The lowest BCUT2D eigenvalue weighted by atomic mass is 10.2. The number of halogens is 4. The number of benzene rings is 3. The van der Waals surface area contributed by atoms with Gasteiger partial charge < -0.3 is 15.4 Å². The standard InChI is InChI=1S/C21H16Cl3FN2O2/c22-17-7-6-16(10-18(17)23)26-11-13-1-8-20(19(24)9-13)29-12-21(28)27-15-4-2-14(25)3-5-15/h1-10,26H,11-12H2,(H,27,28). The molecule has 0 atom stereocenters. The fourth-order valence-corrected chi connectivity index (χ4v) is 3.01. The summed E-state index contributed by atoms with van der Waals surface area (Å²) < 4.78 is 18.4. The summed E-state index contributed by atoms with van der Waals surface area (Å²) in [4.78, 5) is 12.0. The summed E-state index contributed by atoms with van der Waals surface area (Å²) in [5.74, 6) is -0.364. The van der Waals surface area contributed by atoms with E-state index in [0.29, 0.717) is 33.0 Å². The number of carbonyl (C=O) groups is 1. The Balaban J connectivity index is 1.52. The first-order valence-electron chi connectivity index (χ1n) is 8.56. The molecule has 0 unspecified atom stereocenters. The molecule has 0 aliphatic carbocycles. The van der Waals surface area contributed by atoms with Crippen LogP contribution in [0.4, 0.5) is 15.8 Å². The van der Waals surface area contributed by atoms with Crippen molar-refractivity contribution in [2.24, 2.45) is 0 Å². The third kappa shape index (κ3) is 6.26. The van der Waals surface area contributed by atoms with Crippen molar-refractivity contribution in [2.45, 2.75) is 6.54 Å². The topological polar surface area (TPSA) is 50.4 Å². The Morgan fingerprint density at radius 3 is 2.28 bits per heavy atom. The summed E-state index contributed by atoms with van der Waals surface area (Å²) in [5.41, 5.74) is 2.23. The van der Waals surface area contributed by atoms with Crippen molar-refractivity contribution in [1.29, 1.82) is 0 Å². The zero-order chi connectivity index (χ0) is 20.8. The molecule has 4 nitrogen and oxygen atoms in total. The maximum Gasteiger partial charge on any atom is 0.262 e. The minimum absolute atomic E-state index is 0.224. The highest BCUT2D eigenvalue weighted by Crippen LogP contribution is 2.27. The van der Waals surface area contributed by atoms with Crippen molar-refractivity contribution < 1.29 is 13.9 Å². The van der Waals surface area contributed by atoms with E-state index < -0.39 is 0 Å². The SMILES string of the molecule is O=C(COc1ccc(CNc2ccc(Cl)c(Cl)c2)cc1Cl)Nc1ccc(F)cc1. The molecule has 3 aromatic rings. The van der Waals surface area contributed by atoms with Crippen molar-refractivity contribution in [2.75, 3.05) is 17.2 Å². The summed E-state index contributed by atoms with van der Waals surface area (Å²) in [6, 6.07) is 16.0. The van der Waals surface area contributed by atoms with E-state index in [2.05, 4.69) is 10.6 Å². The van der Waals surface area contributed by atoms with Gasteiger partial charge in [-0.2, -0.15) is 0 Å². The maximum atomic E-state index is 12.9. The number of carbonyl (C=O) groups excluding carboxylic acids is 1. The molecule has 1 amide bonds. The van der Waals surface area contributed by atoms with E-state index in [9.17, 15) is 9.18 Å². The van der Waals surface area contributed by atoms with E-state index in [4.69, 9.17) is 39.5 Å². The molecule has 3 rings (SSSR count). The van der Waals surface area contributed by atoms with Crippen LogP contribution in [0.3, 0.4) is 0 Å². The quantitative estimate of drug-likeness (QED) is 0.434. The van der Waals surface area contributed by atoms with E-state index in [-0.39, 0.29) is 18.3 Å². The van der Waals surface area contributed by atoms with Crippen molar-refractivity contribution in [3.05, 3.63) is 87.1 Å². The lowest BCUT2D eigenvalue weighted by molar-refractivity contribution is -0.118.